The second kappa shape index (κ2) is 20.0. The van der Waals surface area contributed by atoms with Gasteiger partial charge < -0.3 is 13.8 Å². The molecule has 0 aliphatic carbocycles. The summed E-state index contributed by atoms with van der Waals surface area (Å²) < 4.78 is 0. The molecule has 0 nitrogen and oxygen atoms in total. The van der Waals surface area contributed by atoms with Crippen molar-refractivity contribution >= 4 is 21.5 Å². The monoisotopic (exact) mass is 684 g/mol. The Labute approximate surface area is 299 Å². The molecule has 0 aromatic heterocycles. The molecule has 1 heteroatoms. The van der Waals surface area contributed by atoms with Crippen molar-refractivity contribution < 1.29 is 26.2 Å². The molecule has 0 bridgehead atoms. The minimum absolute atomic E-state index is 0. The number of aryl methyl sites for hydroxylation is 4. The average Bonchev–Trinajstić information content (AvgIpc) is 3.55. The molecule has 0 aliphatic rings. The number of fused-ring (bicyclic) bond motifs is 2. The van der Waals surface area contributed by atoms with Gasteiger partial charge in [0.15, 0.2) is 0 Å². The van der Waals surface area contributed by atoms with Crippen LogP contribution in [0.4, 0.5) is 0 Å². The molecule has 0 saturated carbocycles. The zero-order valence-corrected chi connectivity index (χ0v) is 33.8. The van der Waals surface area contributed by atoms with Crippen molar-refractivity contribution in [2.75, 3.05) is 0 Å². The first-order valence-corrected chi connectivity index (χ1v) is 18.0. The van der Waals surface area contributed by atoms with E-state index in [9.17, 15) is 0 Å². The molecule has 246 valence electrons. The van der Waals surface area contributed by atoms with Crippen molar-refractivity contribution in [2.45, 2.75) is 158 Å². The Morgan fingerprint density at radius 2 is 0.844 bits per heavy atom. The van der Waals surface area contributed by atoms with Crippen LogP contribution in [-0.4, -0.2) is 0 Å². The minimum atomic E-state index is 0. The molecule has 45 heavy (non-hydrogen) atoms. The van der Waals surface area contributed by atoms with Crippen LogP contribution in [0, 0.1) is 13.8 Å². The summed E-state index contributed by atoms with van der Waals surface area (Å²) in [5.41, 5.74) is 12.3. The van der Waals surface area contributed by atoms with Gasteiger partial charge in [-0.15, -0.1) is 56.9 Å². The Morgan fingerprint density at radius 1 is 0.533 bits per heavy atom. The fraction of sp³-hybridized carbons (Fsp3) is 0.545. The summed E-state index contributed by atoms with van der Waals surface area (Å²) in [4.78, 5) is 0. The topological polar surface area (TPSA) is 0 Å². The summed E-state index contributed by atoms with van der Waals surface area (Å²) in [6.07, 6.45) is 9.03. The summed E-state index contributed by atoms with van der Waals surface area (Å²) in [6, 6.07) is 14.9. The Morgan fingerprint density at radius 3 is 1.07 bits per heavy atom. The molecule has 0 unspecified atom stereocenters. The van der Waals surface area contributed by atoms with Gasteiger partial charge >= 0.3 is 26.2 Å². The van der Waals surface area contributed by atoms with E-state index in [0.29, 0.717) is 23.7 Å². The standard InChI is InChI=1S/C36H48.2C4H9.Zr/c1-11-25-15-29-17-27(21(3)4)19-33(23(7)8)35(29)31(25)13-14-32-26(12-2)16-30-18-28(22(5)6)20-34(24(9)10)36(30)32;2*1-3-4-2;/h15-24H,11-14H2,1-10H3;2*1,3-4H2,2H3;/q-2;2*-1;+4. The van der Waals surface area contributed by atoms with Gasteiger partial charge in [-0.25, -0.2) is 0 Å². The molecular formula is C44H66Zr. The molecule has 4 rings (SSSR count). The molecule has 0 aliphatic heterocycles. The summed E-state index contributed by atoms with van der Waals surface area (Å²) in [6.45, 7) is 34.8. The zero-order valence-electron chi connectivity index (χ0n) is 31.3. The number of rotatable bonds is 11. The van der Waals surface area contributed by atoms with E-state index in [4.69, 9.17) is 0 Å². The van der Waals surface area contributed by atoms with Crippen LogP contribution in [-0.2, 0) is 51.9 Å². The van der Waals surface area contributed by atoms with Crippen molar-refractivity contribution in [2.24, 2.45) is 0 Å². The van der Waals surface area contributed by atoms with Crippen molar-refractivity contribution in [1.82, 2.24) is 0 Å². The molecule has 0 saturated heterocycles. The van der Waals surface area contributed by atoms with E-state index in [1.807, 2.05) is 0 Å². The van der Waals surface area contributed by atoms with Crippen molar-refractivity contribution in [3.63, 3.8) is 0 Å². The molecule has 0 atom stereocenters. The Balaban J connectivity index is 0.00000101. The van der Waals surface area contributed by atoms with Crippen LogP contribution in [0.15, 0.2) is 36.4 Å². The second-order valence-corrected chi connectivity index (χ2v) is 14.0. The SMILES string of the molecule is CCc1[cH-]c2cc(C(C)C)cc(C(C)C)c2c1CCc1c(CC)[cH-]c2cc(C(C)C)cc(C(C)C)c12.[CH2-]CCC.[CH2-]CCC.[Zr+4]. The number of unbranched alkanes of at least 4 members (excludes halogenated alkanes) is 2. The van der Waals surface area contributed by atoms with Gasteiger partial charge in [0.05, 0.1) is 0 Å². The molecule has 0 heterocycles. The van der Waals surface area contributed by atoms with Crippen LogP contribution in [0.25, 0.3) is 21.5 Å². The first-order valence-electron chi connectivity index (χ1n) is 18.0. The van der Waals surface area contributed by atoms with E-state index in [0.717, 1.165) is 38.5 Å². The summed E-state index contributed by atoms with van der Waals surface area (Å²) >= 11 is 0. The maximum Gasteiger partial charge on any atom is 4.00 e. The predicted octanol–water partition coefficient (Wildman–Crippen LogP) is 14.1. The fourth-order valence-electron chi connectivity index (χ4n) is 6.25. The van der Waals surface area contributed by atoms with Gasteiger partial charge in [0.1, 0.15) is 0 Å². The maximum absolute atomic E-state index is 3.60. The normalized spacial score (nSPS) is 11.3. The quantitative estimate of drug-likeness (QED) is 0.138. The van der Waals surface area contributed by atoms with Crippen LogP contribution in [0.5, 0.6) is 0 Å². The largest absolute Gasteiger partial charge is 4.00 e. The molecular weight excluding hydrogens is 620 g/mol. The smallest absolute Gasteiger partial charge is 0.343 e. The second-order valence-electron chi connectivity index (χ2n) is 14.0. The summed E-state index contributed by atoms with van der Waals surface area (Å²) in [5.74, 6) is 2.18. The molecule has 0 spiro atoms. The van der Waals surface area contributed by atoms with Gasteiger partial charge in [0.25, 0.3) is 0 Å². The third-order valence-electron chi connectivity index (χ3n) is 9.15. The van der Waals surface area contributed by atoms with Crippen molar-refractivity contribution in [3.05, 3.63) is 94.8 Å². The van der Waals surface area contributed by atoms with Gasteiger partial charge in [-0.2, -0.15) is 24.0 Å². The van der Waals surface area contributed by atoms with E-state index >= 15 is 0 Å². The van der Waals surface area contributed by atoms with Crippen molar-refractivity contribution in [3.8, 4) is 0 Å². The van der Waals surface area contributed by atoms with Crippen LogP contribution in [0.3, 0.4) is 0 Å². The van der Waals surface area contributed by atoms with E-state index in [-0.39, 0.29) is 26.2 Å². The third kappa shape index (κ3) is 10.5. The third-order valence-corrected chi connectivity index (χ3v) is 9.15. The summed E-state index contributed by atoms with van der Waals surface area (Å²) in [5, 5.41) is 6.02. The van der Waals surface area contributed by atoms with E-state index < -0.39 is 0 Å². The molecule has 0 fully saturated rings. The van der Waals surface area contributed by atoms with Crippen LogP contribution < -0.4 is 0 Å². The number of hydrogen-bond acceptors (Lipinski definition) is 0. The predicted molar refractivity (Wildman–Crippen MR) is 202 cm³/mol. The van der Waals surface area contributed by atoms with E-state index in [2.05, 4.69) is 133 Å². The van der Waals surface area contributed by atoms with Crippen molar-refractivity contribution in [1.29, 1.82) is 0 Å². The Kier molecular flexibility index (Phi) is 18.5. The molecule has 4 aromatic rings. The fourth-order valence-corrected chi connectivity index (χ4v) is 6.25. The van der Waals surface area contributed by atoms with Crippen LogP contribution in [0.1, 0.15) is 177 Å². The van der Waals surface area contributed by atoms with Gasteiger partial charge in [-0.3, -0.25) is 0 Å². The van der Waals surface area contributed by atoms with Gasteiger partial charge in [-0.1, -0.05) is 143 Å². The first-order chi connectivity index (χ1) is 20.9. The van der Waals surface area contributed by atoms with E-state index in [1.54, 1.807) is 44.2 Å². The van der Waals surface area contributed by atoms with Crippen LogP contribution in [0.2, 0.25) is 0 Å². The number of benzene rings is 2. The zero-order chi connectivity index (χ0) is 33.1. The number of hydrogen-bond donors (Lipinski definition) is 0. The minimum Gasteiger partial charge on any atom is -0.343 e. The van der Waals surface area contributed by atoms with Crippen LogP contribution >= 0.6 is 0 Å². The van der Waals surface area contributed by atoms with Gasteiger partial charge in [0.2, 0.25) is 0 Å². The Bertz CT molecular complexity index is 1300. The Hall–Kier alpha value is -1.46. The molecule has 4 aromatic carbocycles. The molecule has 0 N–H and O–H groups in total. The average molecular weight is 686 g/mol. The van der Waals surface area contributed by atoms with E-state index in [1.165, 1.54) is 34.7 Å². The van der Waals surface area contributed by atoms with Gasteiger partial charge in [-0.05, 0) is 36.5 Å². The first kappa shape index (κ1) is 41.6. The maximum atomic E-state index is 3.60. The molecule has 0 amide bonds. The summed E-state index contributed by atoms with van der Waals surface area (Å²) in [7, 11) is 0. The molecule has 0 radical (unpaired) electrons. The van der Waals surface area contributed by atoms with Gasteiger partial charge in [0, 0.05) is 0 Å².